The molecule has 0 aliphatic carbocycles. The van der Waals surface area contributed by atoms with E-state index in [1.807, 2.05) is 0 Å². The summed E-state index contributed by atoms with van der Waals surface area (Å²) in [5, 5.41) is 9.58. The Morgan fingerprint density at radius 3 is 2.62 bits per heavy atom. The second-order valence-corrected chi connectivity index (χ2v) is 3.59. The molecule has 0 amide bonds. The SMILES string of the molecule is Oc1cc(CBr)c(Br)nc1C(F)F. The number of aromatic nitrogens is 1. The summed E-state index contributed by atoms with van der Waals surface area (Å²) in [5.41, 5.74) is 0.0264. The predicted octanol–water partition coefficient (Wildman–Crippen LogP) is 3.38. The Morgan fingerprint density at radius 2 is 2.15 bits per heavy atom. The number of alkyl halides is 3. The van der Waals surface area contributed by atoms with Gasteiger partial charge in [0.25, 0.3) is 6.43 Å². The van der Waals surface area contributed by atoms with Crippen molar-refractivity contribution in [1.29, 1.82) is 0 Å². The van der Waals surface area contributed by atoms with Gasteiger partial charge >= 0.3 is 0 Å². The van der Waals surface area contributed by atoms with Gasteiger partial charge in [-0.25, -0.2) is 13.8 Å². The Balaban J connectivity index is 3.20. The number of hydrogen-bond acceptors (Lipinski definition) is 2. The van der Waals surface area contributed by atoms with E-state index in [0.29, 0.717) is 15.5 Å². The van der Waals surface area contributed by atoms with Crippen LogP contribution >= 0.6 is 31.9 Å². The second-order valence-electron chi connectivity index (χ2n) is 2.28. The van der Waals surface area contributed by atoms with E-state index in [9.17, 15) is 8.78 Å². The maximum atomic E-state index is 12.2. The van der Waals surface area contributed by atoms with Gasteiger partial charge in [-0.05, 0) is 27.6 Å². The molecular weight excluding hydrogens is 312 g/mol. The minimum absolute atomic E-state index is 0.317. The second kappa shape index (κ2) is 4.32. The van der Waals surface area contributed by atoms with Crippen LogP contribution in [-0.2, 0) is 5.33 Å². The van der Waals surface area contributed by atoms with Crippen LogP contribution in [0.2, 0.25) is 0 Å². The Bertz CT molecular complexity index is 320. The van der Waals surface area contributed by atoms with E-state index < -0.39 is 17.9 Å². The molecular formula is C7H5Br2F2NO. The first-order chi connectivity index (χ1) is 6.06. The minimum atomic E-state index is -2.76. The van der Waals surface area contributed by atoms with Crippen molar-refractivity contribution in [2.24, 2.45) is 0 Å². The smallest absolute Gasteiger partial charge is 0.284 e. The van der Waals surface area contributed by atoms with Gasteiger partial charge in [0.05, 0.1) is 0 Å². The molecule has 6 heteroatoms. The lowest BCUT2D eigenvalue weighted by Gasteiger charge is -2.05. The van der Waals surface area contributed by atoms with E-state index in [0.717, 1.165) is 0 Å². The summed E-state index contributed by atoms with van der Waals surface area (Å²) < 4.78 is 24.7. The lowest BCUT2D eigenvalue weighted by Crippen LogP contribution is -1.94. The molecule has 0 radical (unpaired) electrons. The predicted molar refractivity (Wildman–Crippen MR) is 51.2 cm³/mol. The summed E-state index contributed by atoms with van der Waals surface area (Å²) in [6, 6.07) is 1.26. The third kappa shape index (κ3) is 2.37. The molecule has 0 atom stereocenters. The molecule has 1 rings (SSSR count). The standard InChI is InChI=1S/C7H5Br2F2NO/c8-2-3-1-4(13)5(7(10)11)12-6(3)9/h1,7,13H,2H2. The van der Waals surface area contributed by atoms with Crippen molar-refractivity contribution >= 4 is 31.9 Å². The molecule has 0 aliphatic heterocycles. The summed E-state index contributed by atoms with van der Waals surface area (Å²) in [6.45, 7) is 0. The normalized spacial score (nSPS) is 10.8. The molecule has 0 bridgehead atoms. The van der Waals surface area contributed by atoms with Crippen LogP contribution in [0.1, 0.15) is 17.7 Å². The Hall–Kier alpha value is -0.230. The van der Waals surface area contributed by atoms with Gasteiger partial charge in [0.1, 0.15) is 16.0 Å². The van der Waals surface area contributed by atoms with E-state index in [2.05, 4.69) is 36.8 Å². The highest BCUT2D eigenvalue weighted by molar-refractivity contribution is 9.10. The van der Waals surface area contributed by atoms with E-state index >= 15 is 0 Å². The number of halogens is 4. The Labute approximate surface area is 90.2 Å². The van der Waals surface area contributed by atoms with E-state index in [1.54, 1.807) is 0 Å². The fourth-order valence-corrected chi connectivity index (χ4v) is 2.04. The number of aromatic hydroxyl groups is 1. The van der Waals surface area contributed by atoms with Gasteiger partial charge in [0.15, 0.2) is 0 Å². The molecule has 1 aromatic heterocycles. The van der Waals surface area contributed by atoms with E-state index in [-0.39, 0.29) is 0 Å². The molecule has 1 N–H and O–H groups in total. The van der Waals surface area contributed by atoms with Crippen molar-refractivity contribution in [2.45, 2.75) is 11.8 Å². The van der Waals surface area contributed by atoms with Crippen molar-refractivity contribution in [3.63, 3.8) is 0 Å². The maximum Gasteiger partial charge on any atom is 0.284 e. The summed E-state index contributed by atoms with van der Waals surface area (Å²) in [5.74, 6) is -0.479. The minimum Gasteiger partial charge on any atom is -0.506 e. The zero-order valence-electron chi connectivity index (χ0n) is 6.27. The quantitative estimate of drug-likeness (QED) is 0.670. The molecule has 1 aromatic rings. The van der Waals surface area contributed by atoms with Crippen LogP contribution in [0.5, 0.6) is 5.75 Å². The molecule has 0 aromatic carbocycles. The van der Waals surface area contributed by atoms with Crippen LogP contribution in [0.3, 0.4) is 0 Å². The van der Waals surface area contributed by atoms with Gasteiger partial charge in [-0.15, -0.1) is 0 Å². The van der Waals surface area contributed by atoms with E-state index in [1.165, 1.54) is 6.07 Å². The Kier molecular flexibility index (Phi) is 3.61. The highest BCUT2D eigenvalue weighted by atomic mass is 79.9. The van der Waals surface area contributed by atoms with Crippen molar-refractivity contribution in [3.8, 4) is 5.75 Å². The monoisotopic (exact) mass is 315 g/mol. The van der Waals surface area contributed by atoms with Crippen LogP contribution in [0, 0.1) is 0 Å². The fraction of sp³-hybridized carbons (Fsp3) is 0.286. The molecule has 72 valence electrons. The number of nitrogens with zero attached hydrogens (tertiary/aromatic N) is 1. The third-order valence-corrected chi connectivity index (χ3v) is 2.70. The average molecular weight is 317 g/mol. The summed E-state index contributed by atoms with van der Waals surface area (Å²) in [6.07, 6.45) is -2.76. The number of pyridine rings is 1. The number of rotatable bonds is 2. The number of hydrogen-bond donors (Lipinski definition) is 1. The summed E-state index contributed by atoms with van der Waals surface area (Å²) in [7, 11) is 0. The van der Waals surface area contributed by atoms with Crippen LogP contribution < -0.4 is 0 Å². The maximum absolute atomic E-state index is 12.2. The van der Waals surface area contributed by atoms with Gasteiger partial charge in [-0.1, -0.05) is 15.9 Å². The lowest BCUT2D eigenvalue weighted by molar-refractivity contribution is 0.141. The van der Waals surface area contributed by atoms with Gasteiger partial charge in [-0.3, -0.25) is 0 Å². The van der Waals surface area contributed by atoms with E-state index in [4.69, 9.17) is 5.11 Å². The first-order valence-electron chi connectivity index (χ1n) is 3.28. The van der Waals surface area contributed by atoms with Crippen LogP contribution in [0.4, 0.5) is 8.78 Å². The van der Waals surface area contributed by atoms with Gasteiger partial charge in [-0.2, -0.15) is 0 Å². The average Bonchev–Trinajstić information content (AvgIpc) is 2.07. The summed E-state index contributed by atoms with van der Waals surface area (Å²) in [4.78, 5) is 3.53. The fourth-order valence-electron chi connectivity index (χ4n) is 0.788. The molecule has 2 nitrogen and oxygen atoms in total. The first kappa shape index (κ1) is 10.8. The van der Waals surface area contributed by atoms with Crippen LogP contribution in [0.25, 0.3) is 0 Å². The molecule has 0 unspecified atom stereocenters. The summed E-state index contributed by atoms with van der Waals surface area (Å²) >= 11 is 6.16. The Morgan fingerprint density at radius 1 is 1.54 bits per heavy atom. The zero-order valence-corrected chi connectivity index (χ0v) is 9.44. The topological polar surface area (TPSA) is 33.1 Å². The van der Waals surface area contributed by atoms with Gasteiger partial charge in [0, 0.05) is 5.33 Å². The third-order valence-electron chi connectivity index (χ3n) is 1.41. The van der Waals surface area contributed by atoms with Gasteiger partial charge in [0.2, 0.25) is 0 Å². The zero-order chi connectivity index (χ0) is 10.0. The van der Waals surface area contributed by atoms with Gasteiger partial charge < -0.3 is 5.11 Å². The highest BCUT2D eigenvalue weighted by Crippen LogP contribution is 2.30. The van der Waals surface area contributed by atoms with Crippen molar-refractivity contribution in [2.75, 3.05) is 0 Å². The van der Waals surface area contributed by atoms with Crippen molar-refractivity contribution < 1.29 is 13.9 Å². The molecule has 1 heterocycles. The van der Waals surface area contributed by atoms with Crippen LogP contribution in [0.15, 0.2) is 10.7 Å². The molecule has 0 spiro atoms. The van der Waals surface area contributed by atoms with Crippen molar-refractivity contribution in [3.05, 3.63) is 21.9 Å². The lowest BCUT2D eigenvalue weighted by atomic mass is 10.2. The molecule has 0 saturated heterocycles. The van der Waals surface area contributed by atoms with Crippen LogP contribution in [-0.4, -0.2) is 10.1 Å². The molecule has 0 saturated carbocycles. The largest absolute Gasteiger partial charge is 0.506 e. The molecule has 13 heavy (non-hydrogen) atoms. The molecule has 0 aliphatic rings. The highest BCUT2D eigenvalue weighted by Gasteiger charge is 2.16. The van der Waals surface area contributed by atoms with Crippen molar-refractivity contribution in [1.82, 2.24) is 4.98 Å². The molecule has 0 fully saturated rings. The first-order valence-corrected chi connectivity index (χ1v) is 5.20.